The van der Waals surface area contributed by atoms with Crippen molar-refractivity contribution >= 4 is 11.9 Å². The molecular weight excluding hydrogens is 246 g/mol. The minimum atomic E-state index is -0.805. The first-order valence-electron chi connectivity index (χ1n) is 7.06. The number of carboxylic acid groups (broad SMARTS) is 1. The second kappa shape index (κ2) is 8.15. The predicted molar refractivity (Wildman–Crippen MR) is 71.8 cm³/mol. The van der Waals surface area contributed by atoms with E-state index in [1.165, 1.54) is 0 Å². The number of carbonyl (C=O) groups excluding carboxylic acids is 1. The van der Waals surface area contributed by atoms with Crippen LogP contribution in [0.15, 0.2) is 0 Å². The highest BCUT2D eigenvalue weighted by atomic mass is 16.5. The van der Waals surface area contributed by atoms with Gasteiger partial charge in [0.2, 0.25) is 5.91 Å². The standard InChI is InChI=1S/C14H25NO4/c1-10(2)6-11(7-13(16)17)8-15-14(18)12-4-3-5-19-9-12/h10-12H,3-9H2,1-2H3,(H,15,18)(H,16,17)/t11-,12?/m0/s1. The summed E-state index contributed by atoms with van der Waals surface area (Å²) in [6, 6.07) is 0. The van der Waals surface area contributed by atoms with E-state index in [0.717, 1.165) is 25.9 Å². The molecule has 5 heteroatoms. The smallest absolute Gasteiger partial charge is 0.303 e. The molecule has 0 aromatic heterocycles. The highest BCUT2D eigenvalue weighted by molar-refractivity contribution is 5.78. The number of amides is 1. The summed E-state index contributed by atoms with van der Waals surface area (Å²) in [5.74, 6) is -0.441. The van der Waals surface area contributed by atoms with Gasteiger partial charge in [-0.2, -0.15) is 0 Å². The van der Waals surface area contributed by atoms with Crippen molar-refractivity contribution in [2.24, 2.45) is 17.8 Å². The maximum Gasteiger partial charge on any atom is 0.303 e. The molecule has 0 radical (unpaired) electrons. The van der Waals surface area contributed by atoms with E-state index in [9.17, 15) is 9.59 Å². The Morgan fingerprint density at radius 1 is 1.42 bits per heavy atom. The van der Waals surface area contributed by atoms with Gasteiger partial charge in [0.25, 0.3) is 0 Å². The van der Waals surface area contributed by atoms with Gasteiger partial charge in [0, 0.05) is 19.6 Å². The van der Waals surface area contributed by atoms with E-state index >= 15 is 0 Å². The fraction of sp³-hybridized carbons (Fsp3) is 0.857. The normalized spacial score (nSPS) is 21.1. The number of rotatable bonds is 7. The van der Waals surface area contributed by atoms with E-state index < -0.39 is 5.97 Å². The van der Waals surface area contributed by atoms with Crippen molar-refractivity contribution in [2.75, 3.05) is 19.8 Å². The first-order chi connectivity index (χ1) is 8.99. The van der Waals surface area contributed by atoms with Crippen molar-refractivity contribution in [3.05, 3.63) is 0 Å². The average Bonchev–Trinajstić information content (AvgIpc) is 2.35. The Morgan fingerprint density at radius 2 is 2.16 bits per heavy atom. The van der Waals surface area contributed by atoms with Crippen LogP contribution < -0.4 is 5.32 Å². The maximum atomic E-state index is 11.9. The van der Waals surface area contributed by atoms with E-state index in [0.29, 0.717) is 19.1 Å². The molecule has 5 nitrogen and oxygen atoms in total. The third-order valence-corrected chi connectivity index (χ3v) is 3.36. The van der Waals surface area contributed by atoms with Crippen molar-refractivity contribution in [2.45, 2.75) is 39.5 Å². The van der Waals surface area contributed by atoms with Gasteiger partial charge in [-0.25, -0.2) is 0 Å². The molecule has 0 spiro atoms. The minimum Gasteiger partial charge on any atom is -0.481 e. The molecule has 1 fully saturated rings. The van der Waals surface area contributed by atoms with Crippen LogP contribution in [0.4, 0.5) is 0 Å². The maximum absolute atomic E-state index is 11.9. The Balaban J connectivity index is 2.36. The van der Waals surface area contributed by atoms with Crippen LogP contribution in [0, 0.1) is 17.8 Å². The van der Waals surface area contributed by atoms with Crippen LogP contribution in [0.5, 0.6) is 0 Å². The molecule has 0 aromatic carbocycles. The molecular formula is C14H25NO4. The summed E-state index contributed by atoms with van der Waals surface area (Å²) >= 11 is 0. The second-order valence-electron chi connectivity index (χ2n) is 5.75. The third-order valence-electron chi connectivity index (χ3n) is 3.36. The number of carbonyl (C=O) groups is 2. The topological polar surface area (TPSA) is 75.6 Å². The zero-order valence-electron chi connectivity index (χ0n) is 11.9. The minimum absolute atomic E-state index is 0.00107. The van der Waals surface area contributed by atoms with Gasteiger partial charge in [0.15, 0.2) is 0 Å². The van der Waals surface area contributed by atoms with E-state index in [2.05, 4.69) is 19.2 Å². The molecule has 2 N–H and O–H groups in total. The van der Waals surface area contributed by atoms with Crippen LogP contribution in [0.1, 0.15) is 39.5 Å². The summed E-state index contributed by atoms with van der Waals surface area (Å²) in [5.41, 5.74) is 0. The SMILES string of the molecule is CC(C)C[C@H](CNC(=O)C1CCCOC1)CC(=O)O. The summed E-state index contributed by atoms with van der Waals surface area (Å²) in [6.07, 6.45) is 2.70. The van der Waals surface area contributed by atoms with Gasteiger partial charge in [-0.1, -0.05) is 13.8 Å². The van der Waals surface area contributed by atoms with Crippen LogP contribution in [0.25, 0.3) is 0 Å². The fourth-order valence-corrected chi connectivity index (χ4v) is 2.49. The number of nitrogens with one attached hydrogen (secondary N) is 1. The summed E-state index contributed by atoms with van der Waals surface area (Å²) in [5, 5.41) is 11.8. The van der Waals surface area contributed by atoms with Gasteiger partial charge < -0.3 is 15.2 Å². The van der Waals surface area contributed by atoms with Crippen molar-refractivity contribution in [3.63, 3.8) is 0 Å². The number of hydrogen-bond acceptors (Lipinski definition) is 3. The van der Waals surface area contributed by atoms with Crippen LogP contribution in [0.2, 0.25) is 0 Å². The average molecular weight is 271 g/mol. The highest BCUT2D eigenvalue weighted by Crippen LogP contribution is 2.16. The van der Waals surface area contributed by atoms with Crippen LogP contribution in [-0.4, -0.2) is 36.7 Å². The Labute approximate surface area is 114 Å². The molecule has 1 heterocycles. The van der Waals surface area contributed by atoms with Gasteiger partial charge in [0.1, 0.15) is 0 Å². The zero-order valence-corrected chi connectivity index (χ0v) is 11.9. The lowest BCUT2D eigenvalue weighted by Gasteiger charge is -2.23. The first kappa shape index (κ1) is 16.0. The van der Waals surface area contributed by atoms with E-state index in [4.69, 9.17) is 9.84 Å². The quantitative estimate of drug-likeness (QED) is 0.738. The summed E-state index contributed by atoms with van der Waals surface area (Å²) < 4.78 is 5.28. The zero-order chi connectivity index (χ0) is 14.3. The number of ether oxygens (including phenoxy) is 1. The Bertz CT molecular complexity index is 298. The first-order valence-corrected chi connectivity index (χ1v) is 7.06. The molecule has 0 saturated carbocycles. The molecule has 0 aliphatic carbocycles. The van der Waals surface area contributed by atoms with Gasteiger partial charge >= 0.3 is 5.97 Å². The van der Waals surface area contributed by atoms with Crippen molar-refractivity contribution in [1.82, 2.24) is 5.32 Å². The largest absolute Gasteiger partial charge is 0.481 e. The van der Waals surface area contributed by atoms with E-state index in [1.54, 1.807) is 0 Å². The lowest BCUT2D eigenvalue weighted by Crippen LogP contribution is -2.38. The molecule has 0 bridgehead atoms. The molecule has 1 rings (SSSR count). The summed E-state index contributed by atoms with van der Waals surface area (Å²) in [7, 11) is 0. The molecule has 2 atom stereocenters. The van der Waals surface area contributed by atoms with Crippen LogP contribution in [0.3, 0.4) is 0 Å². The molecule has 19 heavy (non-hydrogen) atoms. The molecule has 1 saturated heterocycles. The molecule has 1 aliphatic rings. The van der Waals surface area contributed by atoms with Gasteiger partial charge in [-0.3, -0.25) is 9.59 Å². The van der Waals surface area contributed by atoms with E-state index in [1.807, 2.05) is 0 Å². The monoisotopic (exact) mass is 271 g/mol. The van der Waals surface area contributed by atoms with Crippen LogP contribution in [-0.2, 0) is 14.3 Å². The molecule has 1 unspecified atom stereocenters. The Kier molecular flexibility index (Phi) is 6.84. The number of hydrogen-bond donors (Lipinski definition) is 2. The molecule has 1 aliphatic heterocycles. The van der Waals surface area contributed by atoms with Crippen LogP contribution >= 0.6 is 0 Å². The summed E-state index contributed by atoms with van der Waals surface area (Å²) in [4.78, 5) is 22.7. The Morgan fingerprint density at radius 3 is 2.68 bits per heavy atom. The lowest BCUT2D eigenvalue weighted by molar-refractivity contribution is -0.138. The van der Waals surface area contributed by atoms with E-state index in [-0.39, 0.29) is 24.2 Å². The summed E-state index contributed by atoms with van der Waals surface area (Å²) in [6.45, 7) is 5.79. The van der Waals surface area contributed by atoms with Crippen molar-refractivity contribution in [1.29, 1.82) is 0 Å². The molecule has 0 aromatic rings. The molecule has 1 amide bonds. The predicted octanol–water partition coefficient (Wildman–Crippen LogP) is 1.67. The fourth-order valence-electron chi connectivity index (χ4n) is 2.49. The van der Waals surface area contributed by atoms with Gasteiger partial charge in [-0.15, -0.1) is 0 Å². The molecule has 110 valence electrons. The second-order valence-corrected chi connectivity index (χ2v) is 5.75. The van der Waals surface area contributed by atoms with Gasteiger partial charge in [-0.05, 0) is 31.1 Å². The number of carboxylic acids is 1. The Hall–Kier alpha value is -1.10. The van der Waals surface area contributed by atoms with Gasteiger partial charge in [0.05, 0.1) is 12.5 Å². The highest BCUT2D eigenvalue weighted by Gasteiger charge is 2.23. The number of aliphatic carboxylic acids is 1. The van der Waals surface area contributed by atoms with Crippen molar-refractivity contribution in [3.8, 4) is 0 Å². The lowest BCUT2D eigenvalue weighted by atomic mass is 9.93. The van der Waals surface area contributed by atoms with Crippen molar-refractivity contribution < 1.29 is 19.4 Å². The third kappa shape index (κ3) is 6.57.